The number of benzene rings is 1. The van der Waals surface area contributed by atoms with Crippen molar-refractivity contribution in [2.45, 2.75) is 45.4 Å². The third-order valence-corrected chi connectivity index (χ3v) is 5.34. The molecule has 4 amide bonds. The van der Waals surface area contributed by atoms with Crippen LogP contribution < -0.4 is 10.6 Å². The summed E-state index contributed by atoms with van der Waals surface area (Å²) in [6.45, 7) is 4.84. The molecule has 2 unspecified atom stereocenters. The Labute approximate surface area is 186 Å². The fourth-order valence-corrected chi connectivity index (χ4v) is 3.56. The first-order valence-corrected chi connectivity index (χ1v) is 10.4. The van der Waals surface area contributed by atoms with E-state index < -0.39 is 35.2 Å². The van der Waals surface area contributed by atoms with Gasteiger partial charge >= 0.3 is 0 Å². The van der Waals surface area contributed by atoms with Crippen molar-refractivity contribution in [2.75, 3.05) is 27.2 Å². The largest absolute Gasteiger partial charge is 0.372 e. The molecule has 1 aromatic carbocycles. The average molecular weight is 451 g/mol. The number of hydrogen-bond acceptors (Lipinski definition) is 5. The second-order valence-corrected chi connectivity index (χ2v) is 8.68. The van der Waals surface area contributed by atoms with E-state index >= 15 is 0 Å². The second kappa shape index (κ2) is 10.1. The number of hydrogen-bond donors (Lipinski definition) is 3. The Bertz CT molecular complexity index is 884. The number of carbonyl (C=O) groups excluding carboxylic acids is 4. The Balaban J connectivity index is 1.98. The molecule has 0 saturated carbocycles. The van der Waals surface area contributed by atoms with Crippen LogP contribution in [0.5, 0.6) is 0 Å². The van der Waals surface area contributed by atoms with E-state index in [4.69, 9.17) is 0 Å². The van der Waals surface area contributed by atoms with Crippen LogP contribution in [0.2, 0.25) is 0 Å². The molecule has 0 spiro atoms. The van der Waals surface area contributed by atoms with Gasteiger partial charge in [0.1, 0.15) is 11.9 Å². The molecular weight excluding hydrogens is 419 g/mol. The smallest absolute Gasteiger partial charge is 0.264 e. The molecule has 0 bridgehead atoms. The predicted octanol–water partition coefficient (Wildman–Crippen LogP) is -0.0573. The molecule has 0 aromatic heterocycles. The highest BCUT2D eigenvalue weighted by Gasteiger charge is 2.51. The quantitative estimate of drug-likeness (QED) is 0.480. The first-order chi connectivity index (χ1) is 14.8. The molecular formula is C22H31FN4O5. The number of rotatable bonds is 8. The SMILES string of the molecule is Cc1cc(F)cc(CNC(=O)C2(O)CCN(CC(=O)NC(C(=O)N(C)C)C(C)C)C2=O)c1. The van der Waals surface area contributed by atoms with E-state index in [0.717, 1.165) is 4.90 Å². The summed E-state index contributed by atoms with van der Waals surface area (Å²) in [4.78, 5) is 52.4. The fraction of sp³-hybridized carbons (Fsp3) is 0.545. The van der Waals surface area contributed by atoms with Crippen LogP contribution in [-0.2, 0) is 25.7 Å². The first-order valence-electron chi connectivity index (χ1n) is 10.4. The van der Waals surface area contributed by atoms with Crippen LogP contribution in [-0.4, -0.2) is 77.4 Å². The summed E-state index contributed by atoms with van der Waals surface area (Å²) < 4.78 is 13.5. The molecule has 1 aromatic rings. The molecule has 1 saturated heterocycles. The number of aliphatic hydroxyl groups is 1. The molecule has 2 rings (SSSR count). The maximum Gasteiger partial charge on any atom is 0.264 e. The number of carbonyl (C=O) groups is 4. The lowest BCUT2D eigenvalue weighted by atomic mass is 10.0. The minimum absolute atomic E-state index is 0.00319. The highest BCUT2D eigenvalue weighted by atomic mass is 19.1. The molecule has 1 aliphatic rings. The highest BCUT2D eigenvalue weighted by molar-refractivity contribution is 6.10. The van der Waals surface area contributed by atoms with Crippen molar-refractivity contribution in [3.8, 4) is 0 Å². The number of aryl methyl sites for hydroxylation is 1. The summed E-state index contributed by atoms with van der Waals surface area (Å²) in [5.74, 6) is -3.25. The minimum Gasteiger partial charge on any atom is -0.372 e. The summed E-state index contributed by atoms with van der Waals surface area (Å²) in [5, 5.41) is 15.7. The molecule has 1 heterocycles. The van der Waals surface area contributed by atoms with Crippen molar-refractivity contribution in [1.29, 1.82) is 0 Å². The van der Waals surface area contributed by atoms with E-state index in [0.29, 0.717) is 11.1 Å². The van der Waals surface area contributed by atoms with Gasteiger partial charge in [0.25, 0.3) is 11.8 Å². The van der Waals surface area contributed by atoms with E-state index in [2.05, 4.69) is 10.6 Å². The zero-order valence-corrected chi connectivity index (χ0v) is 19.1. The Morgan fingerprint density at radius 1 is 1.25 bits per heavy atom. The molecule has 1 aliphatic heterocycles. The van der Waals surface area contributed by atoms with Gasteiger partial charge in [0.2, 0.25) is 17.4 Å². The second-order valence-electron chi connectivity index (χ2n) is 8.68. The average Bonchev–Trinajstić information content (AvgIpc) is 2.98. The molecule has 0 aliphatic carbocycles. The lowest BCUT2D eigenvalue weighted by Gasteiger charge is -2.26. The topological polar surface area (TPSA) is 119 Å². The molecule has 3 N–H and O–H groups in total. The normalized spacial score (nSPS) is 19.1. The Morgan fingerprint density at radius 3 is 2.47 bits per heavy atom. The third kappa shape index (κ3) is 5.82. The number of nitrogens with one attached hydrogen (secondary N) is 2. The highest BCUT2D eigenvalue weighted by Crippen LogP contribution is 2.23. The summed E-state index contributed by atoms with van der Waals surface area (Å²) in [5.41, 5.74) is -1.14. The minimum atomic E-state index is -2.31. The monoisotopic (exact) mass is 450 g/mol. The lowest BCUT2D eigenvalue weighted by molar-refractivity contribution is -0.155. The van der Waals surface area contributed by atoms with E-state index in [-0.39, 0.29) is 37.9 Å². The van der Waals surface area contributed by atoms with Crippen LogP contribution in [0.15, 0.2) is 18.2 Å². The van der Waals surface area contributed by atoms with Gasteiger partial charge in [-0.2, -0.15) is 0 Å². The van der Waals surface area contributed by atoms with Crippen molar-refractivity contribution >= 4 is 23.6 Å². The van der Waals surface area contributed by atoms with Crippen LogP contribution in [0.3, 0.4) is 0 Å². The number of likely N-dealkylation sites (tertiary alicyclic amines) is 1. The number of nitrogens with zero attached hydrogens (tertiary/aromatic N) is 2. The van der Waals surface area contributed by atoms with Gasteiger partial charge in [0.15, 0.2) is 0 Å². The van der Waals surface area contributed by atoms with E-state index in [1.807, 2.05) is 0 Å². The molecule has 1 fully saturated rings. The zero-order chi connectivity index (χ0) is 24.2. The van der Waals surface area contributed by atoms with E-state index in [9.17, 15) is 28.7 Å². The van der Waals surface area contributed by atoms with Crippen molar-refractivity contribution < 1.29 is 28.7 Å². The summed E-state index contributed by atoms with van der Waals surface area (Å²) in [7, 11) is 3.16. The van der Waals surface area contributed by atoms with Crippen molar-refractivity contribution in [1.82, 2.24) is 20.4 Å². The zero-order valence-electron chi connectivity index (χ0n) is 19.1. The third-order valence-electron chi connectivity index (χ3n) is 5.34. The molecule has 0 radical (unpaired) electrons. The summed E-state index contributed by atoms with van der Waals surface area (Å²) >= 11 is 0. The Kier molecular flexibility index (Phi) is 7.95. The molecule has 10 heteroatoms. The first kappa shape index (κ1) is 25.3. The Hall–Kier alpha value is -3.01. The van der Waals surface area contributed by atoms with Gasteiger partial charge in [0.05, 0.1) is 6.54 Å². The van der Waals surface area contributed by atoms with Gasteiger partial charge < -0.3 is 25.5 Å². The fourth-order valence-electron chi connectivity index (χ4n) is 3.56. The van der Waals surface area contributed by atoms with Crippen LogP contribution >= 0.6 is 0 Å². The molecule has 9 nitrogen and oxygen atoms in total. The van der Waals surface area contributed by atoms with Gasteiger partial charge in [-0.15, -0.1) is 0 Å². The van der Waals surface area contributed by atoms with Gasteiger partial charge in [0, 0.05) is 33.6 Å². The van der Waals surface area contributed by atoms with Crippen molar-refractivity contribution in [3.63, 3.8) is 0 Å². The summed E-state index contributed by atoms with van der Waals surface area (Å²) in [6.07, 6.45) is -0.183. The maximum absolute atomic E-state index is 13.5. The number of likely N-dealkylation sites (N-methyl/N-ethyl adjacent to an activating group) is 1. The molecule has 2 atom stereocenters. The standard InChI is InChI=1S/C22H31FN4O5/c1-13(2)18(19(29)26(4)5)25-17(28)12-27-7-6-22(32,21(27)31)20(30)24-11-15-8-14(3)9-16(23)10-15/h8-10,13,18,32H,6-7,11-12H2,1-5H3,(H,24,30)(H,25,28). The maximum atomic E-state index is 13.5. The van der Waals surface area contributed by atoms with Crippen LogP contribution in [0.1, 0.15) is 31.4 Å². The lowest BCUT2D eigenvalue weighted by Crippen LogP contribution is -2.54. The predicted molar refractivity (Wildman–Crippen MR) is 115 cm³/mol. The van der Waals surface area contributed by atoms with Gasteiger partial charge in [-0.25, -0.2) is 4.39 Å². The van der Waals surface area contributed by atoms with Crippen LogP contribution in [0.4, 0.5) is 4.39 Å². The van der Waals surface area contributed by atoms with E-state index in [1.165, 1.54) is 17.0 Å². The van der Waals surface area contributed by atoms with Crippen molar-refractivity contribution in [2.24, 2.45) is 5.92 Å². The van der Waals surface area contributed by atoms with Crippen LogP contribution in [0, 0.1) is 18.7 Å². The Morgan fingerprint density at radius 2 is 1.91 bits per heavy atom. The van der Waals surface area contributed by atoms with Gasteiger partial charge in [-0.05, 0) is 36.1 Å². The van der Waals surface area contributed by atoms with Crippen LogP contribution in [0.25, 0.3) is 0 Å². The van der Waals surface area contributed by atoms with Gasteiger partial charge in [-0.1, -0.05) is 19.9 Å². The van der Waals surface area contributed by atoms with E-state index in [1.54, 1.807) is 40.9 Å². The number of amides is 4. The summed E-state index contributed by atoms with van der Waals surface area (Å²) in [6, 6.07) is 3.52. The number of halogens is 1. The molecule has 176 valence electrons. The van der Waals surface area contributed by atoms with Crippen molar-refractivity contribution in [3.05, 3.63) is 35.1 Å². The van der Waals surface area contributed by atoms with Gasteiger partial charge in [-0.3, -0.25) is 19.2 Å². The molecule has 32 heavy (non-hydrogen) atoms.